The van der Waals surface area contributed by atoms with Gasteiger partial charge in [-0.3, -0.25) is 4.98 Å². The first-order chi connectivity index (χ1) is 12.4. The lowest BCUT2D eigenvalue weighted by Crippen LogP contribution is -2.27. The van der Waals surface area contributed by atoms with E-state index in [9.17, 15) is 5.11 Å². The Kier molecular flexibility index (Phi) is 4.30. The summed E-state index contributed by atoms with van der Waals surface area (Å²) in [5.41, 5.74) is 4.79. The molecular formula is C21H24ClN3O. The summed E-state index contributed by atoms with van der Waals surface area (Å²) in [5, 5.41) is 13.1. The van der Waals surface area contributed by atoms with E-state index < -0.39 is 5.60 Å². The number of nitrogens with zero attached hydrogens (tertiary/aromatic N) is 3. The highest BCUT2D eigenvalue weighted by Crippen LogP contribution is 2.36. The number of pyridine rings is 1. The van der Waals surface area contributed by atoms with Crippen molar-refractivity contribution in [3.63, 3.8) is 0 Å². The summed E-state index contributed by atoms with van der Waals surface area (Å²) < 4.78 is 2.28. The average molecular weight is 370 g/mol. The van der Waals surface area contributed by atoms with Gasteiger partial charge in [-0.25, -0.2) is 0 Å². The zero-order chi connectivity index (χ0) is 18.5. The van der Waals surface area contributed by atoms with Crippen molar-refractivity contribution < 1.29 is 5.11 Å². The molecule has 0 aliphatic carbocycles. The number of likely N-dealkylation sites (N-methyl/N-ethyl adjacent to an activating group) is 1. The molecule has 2 aromatic heterocycles. The molecule has 0 saturated heterocycles. The van der Waals surface area contributed by atoms with Crippen molar-refractivity contribution in [1.82, 2.24) is 14.5 Å². The van der Waals surface area contributed by atoms with Crippen LogP contribution in [0.3, 0.4) is 0 Å². The topological polar surface area (TPSA) is 41.3 Å². The van der Waals surface area contributed by atoms with Gasteiger partial charge in [0.15, 0.2) is 0 Å². The Balaban J connectivity index is 1.86. The van der Waals surface area contributed by atoms with E-state index in [1.807, 2.05) is 25.1 Å². The van der Waals surface area contributed by atoms with Crippen LogP contribution in [0, 0.1) is 0 Å². The Morgan fingerprint density at radius 3 is 2.85 bits per heavy atom. The van der Waals surface area contributed by atoms with Gasteiger partial charge in [0.05, 0.1) is 11.1 Å². The van der Waals surface area contributed by atoms with E-state index in [4.69, 9.17) is 11.6 Å². The molecule has 1 unspecified atom stereocenters. The van der Waals surface area contributed by atoms with Crippen LogP contribution < -0.4 is 0 Å². The Hall–Kier alpha value is -1.88. The maximum atomic E-state index is 11.1. The van der Waals surface area contributed by atoms with Gasteiger partial charge in [0.25, 0.3) is 0 Å². The van der Waals surface area contributed by atoms with Crippen LogP contribution >= 0.6 is 11.6 Å². The Labute approximate surface area is 159 Å². The lowest BCUT2D eigenvalue weighted by Gasteiger charge is -2.24. The maximum Gasteiger partial charge on any atom is 0.0924 e. The monoisotopic (exact) mass is 369 g/mol. The average Bonchev–Trinajstić information content (AvgIpc) is 2.87. The summed E-state index contributed by atoms with van der Waals surface area (Å²) in [6, 6.07) is 7.83. The number of aliphatic hydroxyl groups is 1. The fourth-order valence-corrected chi connectivity index (χ4v) is 4.42. The summed E-state index contributed by atoms with van der Waals surface area (Å²) in [4.78, 5) is 6.50. The third kappa shape index (κ3) is 2.92. The summed E-state index contributed by atoms with van der Waals surface area (Å²) in [6.07, 6.45) is 4.97. The van der Waals surface area contributed by atoms with Crippen molar-refractivity contribution in [2.24, 2.45) is 7.05 Å². The molecule has 4 rings (SSSR count). The first-order valence-corrected chi connectivity index (χ1v) is 9.34. The fourth-order valence-electron chi connectivity index (χ4n) is 4.18. The van der Waals surface area contributed by atoms with Crippen molar-refractivity contribution in [2.75, 3.05) is 13.6 Å². The highest BCUT2D eigenvalue weighted by atomic mass is 35.5. The van der Waals surface area contributed by atoms with Crippen LogP contribution in [0.5, 0.6) is 0 Å². The van der Waals surface area contributed by atoms with Crippen molar-refractivity contribution in [3.05, 3.63) is 64.1 Å². The van der Waals surface area contributed by atoms with Gasteiger partial charge < -0.3 is 14.6 Å². The second-order valence-electron chi connectivity index (χ2n) is 7.63. The molecule has 26 heavy (non-hydrogen) atoms. The Morgan fingerprint density at radius 1 is 1.31 bits per heavy atom. The van der Waals surface area contributed by atoms with E-state index in [1.165, 1.54) is 22.2 Å². The molecule has 0 spiro atoms. The second-order valence-corrected chi connectivity index (χ2v) is 8.06. The summed E-state index contributed by atoms with van der Waals surface area (Å²) in [7, 11) is 4.28. The van der Waals surface area contributed by atoms with Gasteiger partial charge in [0.2, 0.25) is 0 Å². The normalized spacial score (nSPS) is 17.3. The molecular weight excluding hydrogens is 346 g/mol. The predicted octanol–water partition coefficient (Wildman–Crippen LogP) is 3.66. The Bertz CT molecular complexity index is 963. The number of halogens is 1. The molecule has 1 aromatic carbocycles. The standard InChI is InChI=1S/C21H24ClN3O/c1-21(26,15-5-4-7-23-12-15)11-14-9-16(22)10-18-17-6-8-24(2)13-19(17)25(3)20(14)18/h4-5,7,9-10,12,26H,6,8,11,13H2,1-3H3. The minimum absolute atomic E-state index is 0.488. The van der Waals surface area contributed by atoms with E-state index >= 15 is 0 Å². The molecule has 0 saturated carbocycles. The Morgan fingerprint density at radius 2 is 2.12 bits per heavy atom. The summed E-state index contributed by atoms with van der Waals surface area (Å²) in [6.45, 7) is 3.84. The number of hydrogen-bond acceptors (Lipinski definition) is 3. The summed E-state index contributed by atoms with van der Waals surface area (Å²) >= 11 is 6.47. The molecule has 0 radical (unpaired) electrons. The van der Waals surface area contributed by atoms with E-state index in [0.29, 0.717) is 6.42 Å². The minimum atomic E-state index is -1.01. The molecule has 1 N–H and O–H groups in total. The highest BCUT2D eigenvalue weighted by Gasteiger charge is 2.28. The number of aryl methyl sites for hydroxylation is 1. The van der Waals surface area contributed by atoms with Crippen LogP contribution in [-0.2, 0) is 32.0 Å². The zero-order valence-corrected chi connectivity index (χ0v) is 16.2. The van der Waals surface area contributed by atoms with Crippen LogP contribution in [0.4, 0.5) is 0 Å². The van der Waals surface area contributed by atoms with Crippen LogP contribution in [0.15, 0.2) is 36.7 Å². The van der Waals surface area contributed by atoms with Crippen LogP contribution in [0.25, 0.3) is 10.9 Å². The number of rotatable bonds is 3. The predicted molar refractivity (Wildman–Crippen MR) is 105 cm³/mol. The van der Waals surface area contributed by atoms with Crippen LogP contribution in [0.2, 0.25) is 5.02 Å². The fraction of sp³-hybridized carbons (Fsp3) is 0.381. The lowest BCUT2D eigenvalue weighted by molar-refractivity contribution is 0.0575. The van der Waals surface area contributed by atoms with Gasteiger partial charge in [-0.2, -0.15) is 0 Å². The van der Waals surface area contributed by atoms with E-state index in [2.05, 4.69) is 34.6 Å². The van der Waals surface area contributed by atoms with E-state index in [-0.39, 0.29) is 0 Å². The van der Waals surface area contributed by atoms with E-state index in [0.717, 1.165) is 35.7 Å². The van der Waals surface area contributed by atoms with Gasteiger partial charge in [-0.15, -0.1) is 0 Å². The molecule has 3 heterocycles. The molecule has 3 aromatic rings. The number of fused-ring (bicyclic) bond motifs is 3. The molecule has 5 heteroatoms. The first-order valence-electron chi connectivity index (χ1n) is 8.97. The first kappa shape index (κ1) is 17.5. The molecule has 1 aliphatic heterocycles. The van der Waals surface area contributed by atoms with Gasteiger partial charge in [-0.05, 0) is 49.7 Å². The molecule has 1 atom stereocenters. The van der Waals surface area contributed by atoms with Crippen molar-refractivity contribution >= 4 is 22.5 Å². The molecule has 0 bridgehead atoms. The van der Waals surface area contributed by atoms with Crippen molar-refractivity contribution in [2.45, 2.75) is 31.9 Å². The van der Waals surface area contributed by atoms with E-state index in [1.54, 1.807) is 12.4 Å². The highest BCUT2D eigenvalue weighted by molar-refractivity contribution is 6.31. The lowest BCUT2D eigenvalue weighted by atomic mass is 9.89. The number of hydrogen-bond donors (Lipinski definition) is 1. The molecule has 0 fully saturated rings. The number of aromatic nitrogens is 2. The molecule has 0 amide bonds. The number of benzene rings is 1. The SMILES string of the molecule is CN1CCc2c(n(C)c3c(CC(C)(O)c4cccnc4)cc(Cl)cc23)C1. The van der Waals surface area contributed by atoms with Crippen molar-refractivity contribution in [3.8, 4) is 0 Å². The quantitative estimate of drug-likeness (QED) is 0.766. The van der Waals surface area contributed by atoms with Crippen molar-refractivity contribution in [1.29, 1.82) is 0 Å². The molecule has 136 valence electrons. The zero-order valence-electron chi connectivity index (χ0n) is 15.5. The molecule has 4 nitrogen and oxygen atoms in total. The third-order valence-corrected chi connectivity index (χ3v) is 5.77. The van der Waals surface area contributed by atoms with Gasteiger partial charge in [-0.1, -0.05) is 17.7 Å². The smallest absolute Gasteiger partial charge is 0.0924 e. The van der Waals surface area contributed by atoms with Crippen LogP contribution in [0.1, 0.15) is 29.3 Å². The van der Waals surface area contributed by atoms with Gasteiger partial charge in [0, 0.05) is 60.6 Å². The second kappa shape index (κ2) is 6.38. The largest absolute Gasteiger partial charge is 0.385 e. The minimum Gasteiger partial charge on any atom is -0.385 e. The van der Waals surface area contributed by atoms with Crippen LogP contribution in [-0.4, -0.2) is 33.1 Å². The van der Waals surface area contributed by atoms with Gasteiger partial charge >= 0.3 is 0 Å². The van der Waals surface area contributed by atoms with Gasteiger partial charge in [0.1, 0.15) is 0 Å². The molecule has 1 aliphatic rings. The third-order valence-electron chi connectivity index (χ3n) is 5.55. The maximum absolute atomic E-state index is 11.1. The summed E-state index contributed by atoms with van der Waals surface area (Å²) in [5.74, 6) is 0.